The lowest BCUT2D eigenvalue weighted by Crippen LogP contribution is -2.34. The lowest BCUT2D eigenvalue weighted by molar-refractivity contribution is 0.116. The Morgan fingerprint density at radius 1 is 1.11 bits per heavy atom. The molecular weight excluding hydrogens is 236 g/mol. The van der Waals surface area contributed by atoms with Crippen molar-refractivity contribution in [1.29, 1.82) is 0 Å². The summed E-state index contributed by atoms with van der Waals surface area (Å²) in [5, 5.41) is 15.6. The van der Waals surface area contributed by atoms with E-state index in [1.54, 1.807) is 0 Å². The van der Waals surface area contributed by atoms with Crippen LogP contribution in [0.15, 0.2) is 36.7 Å². The standard InChI is InChI=1S/C16H20N2O/c19-15-7-5-14(6-8-15)18-11-13-10-17-9-12-3-1-2-4-16(12)13/h1-4,9-10,14-15,18-19H,5-8,11H2. The van der Waals surface area contributed by atoms with Crippen LogP contribution in [0.4, 0.5) is 0 Å². The number of hydrogen-bond acceptors (Lipinski definition) is 3. The predicted octanol–water partition coefficient (Wildman–Crippen LogP) is 2.63. The second kappa shape index (κ2) is 5.68. The van der Waals surface area contributed by atoms with E-state index in [1.165, 1.54) is 16.3 Å². The molecule has 2 N–H and O–H groups in total. The zero-order valence-electron chi connectivity index (χ0n) is 11.0. The summed E-state index contributed by atoms with van der Waals surface area (Å²) in [5.74, 6) is 0. The number of pyridine rings is 1. The fourth-order valence-electron chi connectivity index (χ4n) is 2.85. The van der Waals surface area contributed by atoms with Crippen molar-refractivity contribution in [3.8, 4) is 0 Å². The monoisotopic (exact) mass is 256 g/mol. The van der Waals surface area contributed by atoms with E-state index < -0.39 is 0 Å². The molecule has 1 fully saturated rings. The first-order valence-corrected chi connectivity index (χ1v) is 7.06. The molecular formula is C16H20N2O. The average molecular weight is 256 g/mol. The van der Waals surface area contributed by atoms with Crippen molar-refractivity contribution in [2.45, 2.75) is 44.4 Å². The van der Waals surface area contributed by atoms with Gasteiger partial charge in [-0.05, 0) is 36.6 Å². The molecule has 0 aliphatic heterocycles. The molecule has 3 nitrogen and oxygen atoms in total. The smallest absolute Gasteiger partial charge is 0.0541 e. The number of nitrogens with zero attached hydrogens (tertiary/aromatic N) is 1. The quantitative estimate of drug-likeness (QED) is 0.887. The minimum atomic E-state index is -0.0859. The van der Waals surface area contributed by atoms with Crippen LogP contribution in [0.2, 0.25) is 0 Å². The van der Waals surface area contributed by atoms with Gasteiger partial charge in [-0.2, -0.15) is 0 Å². The molecule has 0 amide bonds. The number of rotatable bonds is 3. The van der Waals surface area contributed by atoms with Crippen LogP contribution in [-0.2, 0) is 6.54 Å². The van der Waals surface area contributed by atoms with Crippen LogP contribution in [0.1, 0.15) is 31.2 Å². The van der Waals surface area contributed by atoms with Crippen molar-refractivity contribution in [1.82, 2.24) is 10.3 Å². The van der Waals surface area contributed by atoms with Crippen LogP contribution >= 0.6 is 0 Å². The molecule has 0 spiro atoms. The maximum absolute atomic E-state index is 9.52. The van der Waals surface area contributed by atoms with Gasteiger partial charge < -0.3 is 10.4 Å². The van der Waals surface area contributed by atoms with Gasteiger partial charge in [0, 0.05) is 30.4 Å². The van der Waals surface area contributed by atoms with Gasteiger partial charge >= 0.3 is 0 Å². The molecule has 100 valence electrons. The molecule has 2 aromatic rings. The third kappa shape index (κ3) is 2.94. The molecule has 3 rings (SSSR count). The first-order chi connectivity index (χ1) is 9.33. The number of nitrogens with one attached hydrogen (secondary N) is 1. The van der Waals surface area contributed by atoms with E-state index in [-0.39, 0.29) is 6.10 Å². The highest BCUT2D eigenvalue weighted by Crippen LogP contribution is 2.20. The zero-order valence-corrected chi connectivity index (χ0v) is 11.0. The second-order valence-electron chi connectivity index (χ2n) is 5.41. The van der Waals surface area contributed by atoms with E-state index in [0.29, 0.717) is 6.04 Å². The normalized spacial score (nSPS) is 23.6. The molecule has 0 unspecified atom stereocenters. The summed E-state index contributed by atoms with van der Waals surface area (Å²) in [6.45, 7) is 0.856. The lowest BCUT2D eigenvalue weighted by Gasteiger charge is -2.26. The summed E-state index contributed by atoms with van der Waals surface area (Å²) >= 11 is 0. The van der Waals surface area contributed by atoms with Crippen LogP contribution in [0.3, 0.4) is 0 Å². The van der Waals surface area contributed by atoms with E-state index in [9.17, 15) is 5.11 Å². The Bertz CT molecular complexity index is 542. The van der Waals surface area contributed by atoms with Gasteiger partial charge in [-0.25, -0.2) is 0 Å². The lowest BCUT2D eigenvalue weighted by atomic mass is 9.93. The molecule has 1 heterocycles. The maximum atomic E-state index is 9.52. The van der Waals surface area contributed by atoms with E-state index in [4.69, 9.17) is 0 Å². The Balaban J connectivity index is 1.68. The van der Waals surface area contributed by atoms with Gasteiger partial charge in [0.05, 0.1) is 6.10 Å². The zero-order chi connectivity index (χ0) is 13.1. The van der Waals surface area contributed by atoms with Gasteiger partial charge in [0.2, 0.25) is 0 Å². The summed E-state index contributed by atoms with van der Waals surface area (Å²) in [5.41, 5.74) is 1.25. The molecule has 3 heteroatoms. The molecule has 1 aromatic carbocycles. The van der Waals surface area contributed by atoms with Crippen molar-refractivity contribution in [2.24, 2.45) is 0 Å². The summed E-state index contributed by atoms with van der Waals surface area (Å²) in [4.78, 5) is 4.31. The van der Waals surface area contributed by atoms with Gasteiger partial charge in [-0.1, -0.05) is 24.3 Å². The van der Waals surface area contributed by atoms with Gasteiger partial charge in [0.15, 0.2) is 0 Å². The molecule has 1 aromatic heterocycles. The number of benzene rings is 1. The number of fused-ring (bicyclic) bond motifs is 1. The number of aromatic nitrogens is 1. The molecule has 0 atom stereocenters. The first kappa shape index (κ1) is 12.6. The van der Waals surface area contributed by atoms with Crippen molar-refractivity contribution in [3.05, 3.63) is 42.2 Å². The fourth-order valence-corrected chi connectivity index (χ4v) is 2.85. The van der Waals surface area contributed by atoms with Gasteiger partial charge in [-0.3, -0.25) is 4.98 Å². The second-order valence-corrected chi connectivity index (χ2v) is 5.41. The van der Waals surface area contributed by atoms with Crippen LogP contribution in [-0.4, -0.2) is 22.2 Å². The Labute approximate surface area is 113 Å². The summed E-state index contributed by atoms with van der Waals surface area (Å²) in [6.07, 6.45) is 7.76. The van der Waals surface area contributed by atoms with Crippen LogP contribution in [0.25, 0.3) is 10.8 Å². The topological polar surface area (TPSA) is 45.1 Å². The molecule has 1 aliphatic rings. The first-order valence-electron chi connectivity index (χ1n) is 7.06. The Morgan fingerprint density at radius 2 is 1.89 bits per heavy atom. The van der Waals surface area contributed by atoms with Crippen molar-refractivity contribution in [2.75, 3.05) is 0 Å². The number of aliphatic hydroxyl groups excluding tert-OH is 1. The summed E-state index contributed by atoms with van der Waals surface area (Å²) in [6, 6.07) is 8.90. The van der Waals surface area contributed by atoms with Crippen molar-refractivity contribution >= 4 is 10.8 Å². The molecule has 0 radical (unpaired) electrons. The SMILES string of the molecule is OC1CCC(NCc2cncc3ccccc23)CC1. The highest BCUT2D eigenvalue weighted by molar-refractivity contribution is 5.84. The van der Waals surface area contributed by atoms with E-state index >= 15 is 0 Å². The van der Waals surface area contributed by atoms with Crippen molar-refractivity contribution in [3.63, 3.8) is 0 Å². The molecule has 0 bridgehead atoms. The van der Waals surface area contributed by atoms with Gasteiger partial charge in [-0.15, -0.1) is 0 Å². The van der Waals surface area contributed by atoms with E-state index in [0.717, 1.165) is 32.2 Å². The third-order valence-corrected chi connectivity index (χ3v) is 4.03. The van der Waals surface area contributed by atoms with Crippen LogP contribution in [0, 0.1) is 0 Å². The summed E-state index contributed by atoms with van der Waals surface area (Å²) < 4.78 is 0. The molecule has 1 saturated carbocycles. The Hall–Kier alpha value is -1.45. The van der Waals surface area contributed by atoms with E-state index in [1.807, 2.05) is 18.5 Å². The predicted molar refractivity (Wildman–Crippen MR) is 76.8 cm³/mol. The average Bonchev–Trinajstić information content (AvgIpc) is 2.47. The minimum Gasteiger partial charge on any atom is -0.393 e. The maximum Gasteiger partial charge on any atom is 0.0541 e. The Kier molecular flexibility index (Phi) is 3.76. The van der Waals surface area contributed by atoms with Crippen LogP contribution < -0.4 is 5.32 Å². The van der Waals surface area contributed by atoms with Crippen LogP contribution in [0.5, 0.6) is 0 Å². The largest absolute Gasteiger partial charge is 0.393 e. The van der Waals surface area contributed by atoms with Gasteiger partial charge in [0.1, 0.15) is 0 Å². The minimum absolute atomic E-state index is 0.0859. The van der Waals surface area contributed by atoms with Crippen molar-refractivity contribution < 1.29 is 5.11 Å². The Morgan fingerprint density at radius 3 is 2.74 bits per heavy atom. The van der Waals surface area contributed by atoms with E-state index in [2.05, 4.69) is 28.5 Å². The third-order valence-electron chi connectivity index (χ3n) is 4.03. The summed E-state index contributed by atoms with van der Waals surface area (Å²) in [7, 11) is 0. The number of hydrogen-bond donors (Lipinski definition) is 2. The molecule has 19 heavy (non-hydrogen) atoms. The molecule has 1 aliphatic carbocycles. The highest BCUT2D eigenvalue weighted by atomic mass is 16.3. The molecule has 0 saturated heterocycles. The highest BCUT2D eigenvalue weighted by Gasteiger charge is 2.18. The fraction of sp³-hybridized carbons (Fsp3) is 0.438. The van der Waals surface area contributed by atoms with Gasteiger partial charge in [0.25, 0.3) is 0 Å². The number of aliphatic hydroxyl groups is 1.